The van der Waals surface area contributed by atoms with Crippen molar-refractivity contribution in [2.24, 2.45) is 0 Å². The highest BCUT2D eigenvalue weighted by Gasteiger charge is 2.22. The molecule has 0 aromatic carbocycles. The van der Waals surface area contributed by atoms with Crippen molar-refractivity contribution in [1.82, 2.24) is 4.90 Å². The van der Waals surface area contributed by atoms with Gasteiger partial charge in [0, 0.05) is 19.0 Å². The molecule has 0 rings (SSSR count). The Morgan fingerprint density at radius 1 is 1.13 bits per heavy atom. The number of amides is 1. The molecule has 0 aliphatic heterocycles. The fourth-order valence-electron chi connectivity index (χ4n) is 0.756. The lowest BCUT2D eigenvalue weighted by molar-refractivity contribution is -0.142. The normalized spacial score (nSPS) is 10.0. The van der Waals surface area contributed by atoms with E-state index in [1.54, 1.807) is 11.9 Å². The van der Waals surface area contributed by atoms with Crippen LogP contribution in [0, 0.1) is 0 Å². The second-order valence-electron chi connectivity index (χ2n) is 4.02. The number of nitrogens with zero attached hydrogens (tertiary/aromatic N) is 1. The van der Waals surface area contributed by atoms with Crippen molar-refractivity contribution in [2.75, 3.05) is 7.05 Å². The van der Waals surface area contributed by atoms with Gasteiger partial charge in [0.1, 0.15) is 0 Å². The second kappa shape index (κ2) is 7.26. The van der Waals surface area contributed by atoms with Gasteiger partial charge in [0.2, 0.25) is 5.91 Å². The predicted molar refractivity (Wildman–Crippen MR) is 60.7 cm³/mol. The van der Waals surface area contributed by atoms with E-state index in [1.165, 1.54) is 0 Å². The second-order valence-corrected chi connectivity index (χ2v) is 4.02. The molecule has 0 saturated carbocycles. The minimum Gasteiger partial charge on any atom is -0.481 e. The minimum atomic E-state index is -0.935. The highest BCUT2D eigenvalue weighted by atomic mass is 16.4. The number of rotatable bonds is 3. The van der Waals surface area contributed by atoms with Gasteiger partial charge in [-0.1, -0.05) is 13.8 Å². The number of hydrogen-bond acceptors (Lipinski definition) is 2. The zero-order valence-corrected chi connectivity index (χ0v) is 10.6. The summed E-state index contributed by atoms with van der Waals surface area (Å²) in [6, 6.07) is 0. The summed E-state index contributed by atoms with van der Waals surface area (Å²) in [7, 11) is 1.68. The van der Waals surface area contributed by atoms with Gasteiger partial charge in [-0.15, -0.1) is 0 Å². The molecule has 1 N–H and O–H groups in total. The van der Waals surface area contributed by atoms with Gasteiger partial charge in [0.25, 0.3) is 0 Å². The largest absolute Gasteiger partial charge is 0.481 e. The molecule has 0 radical (unpaired) electrons. The first-order valence-corrected chi connectivity index (χ1v) is 5.23. The SMILES string of the molecule is CC.CN(C(=O)CCC(=O)O)C(C)(C)C. The van der Waals surface area contributed by atoms with Crippen LogP contribution in [0.1, 0.15) is 47.5 Å². The molecule has 0 aliphatic carbocycles. The lowest BCUT2D eigenvalue weighted by Crippen LogP contribution is -2.42. The van der Waals surface area contributed by atoms with Crippen molar-refractivity contribution >= 4 is 11.9 Å². The Morgan fingerprint density at radius 3 is 1.80 bits per heavy atom. The molecule has 0 fully saturated rings. The fourth-order valence-corrected chi connectivity index (χ4v) is 0.756. The molecule has 4 nitrogen and oxygen atoms in total. The number of carbonyl (C=O) groups excluding carboxylic acids is 1. The first-order chi connectivity index (χ1) is 6.75. The van der Waals surface area contributed by atoms with Crippen LogP contribution in [-0.4, -0.2) is 34.5 Å². The molecule has 0 spiro atoms. The Labute approximate surface area is 92.3 Å². The van der Waals surface area contributed by atoms with E-state index in [9.17, 15) is 9.59 Å². The molecule has 0 saturated heterocycles. The predicted octanol–water partition coefficient (Wildman–Crippen LogP) is 2.13. The summed E-state index contributed by atoms with van der Waals surface area (Å²) in [5.74, 6) is -1.06. The van der Waals surface area contributed by atoms with Crippen LogP contribution < -0.4 is 0 Å². The van der Waals surface area contributed by atoms with Gasteiger partial charge >= 0.3 is 5.97 Å². The zero-order chi connectivity index (χ0) is 12.6. The summed E-state index contributed by atoms with van der Waals surface area (Å²) in [5, 5.41) is 8.38. The van der Waals surface area contributed by atoms with Crippen LogP contribution in [0.25, 0.3) is 0 Å². The molecule has 0 atom stereocenters. The van der Waals surface area contributed by atoms with Crippen molar-refractivity contribution in [1.29, 1.82) is 0 Å². The van der Waals surface area contributed by atoms with Crippen LogP contribution in [0.3, 0.4) is 0 Å². The van der Waals surface area contributed by atoms with Crippen LogP contribution in [0.5, 0.6) is 0 Å². The van der Waals surface area contributed by atoms with Crippen molar-refractivity contribution in [3.63, 3.8) is 0 Å². The van der Waals surface area contributed by atoms with E-state index in [-0.39, 0.29) is 24.3 Å². The Morgan fingerprint density at radius 2 is 1.53 bits per heavy atom. The summed E-state index contributed by atoms with van der Waals surface area (Å²) in [6.45, 7) is 9.73. The standard InChI is InChI=1S/C9H17NO3.C2H6/c1-9(2,3)10(4)7(11)5-6-8(12)13;1-2/h5-6H2,1-4H3,(H,12,13);1-2H3. The van der Waals surface area contributed by atoms with Crippen molar-refractivity contribution in [3.05, 3.63) is 0 Å². The fraction of sp³-hybridized carbons (Fsp3) is 0.818. The molecule has 0 unspecified atom stereocenters. The van der Waals surface area contributed by atoms with Crippen LogP contribution in [0.15, 0.2) is 0 Å². The zero-order valence-electron chi connectivity index (χ0n) is 10.6. The lowest BCUT2D eigenvalue weighted by atomic mass is 10.1. The van der Waals surface area contributed by atoms with Crippen LogP contribution in [0.2, 0.25) is 0 Å². The summed E-state index contributed by atoms with van der Waals surface area (Å²) in [6.07, 6.45) is -0.0254. The third-order valence-corrected chi connectivity index (χ3v) is 1.93. The summed E-state index contributed by atoms with van der Waals surface area (Å²) in [5.41, 5.74) is -0.240. The van der Waals surface area contributed by atoms with E-state index >= 15 is 0 Å². The maximum atomic E-state index is 11.4. The van der Waals surface area contributed by atoms with Gasteiger partial charge in [-0.2, -0.15) is 0 Å². The molecule has 90 valence electrons. The summed E-state index contributed by atoms with van der Waals surface area (Å²) < 4.78 is 0. The molecule has 0 bridgehead atoms. The number of aliphatic carboxylic acids is 1. The van der Waals surface area contributed by atoms with Gasteiger partial charge in [0.15, 0.2) is 0 Å². The van der Waals surface area contributed by atoms with E-state index in [0.29, 0.717) is 0 Å². The monoisotopic (exact) mass is 217 g/mol. The smallest absolute Gasteiger partial charge is 0.303 e. The molecule has 0 heterocycles. The minimum absolute atomic E-state index is 0.0725. The molecule has 0 aromatic heterocycles. The average Bonchev–Trinajstić information content (AvgIpc) is 2.14. The van der Waals surface area contributed by atoms with Crippen LogP contribution >= 0.6 is 0 Å². The van der Waals surface area contributed by atoms with E-state index in [4.69, 9.17) is 5.11 Å². The molecule has 0 aromatic rings. The Kier molecular flexibility index (Phi) is 7.92. The van der Waals surface area contributed by atoms with Crippen LogP contribution in [0.4, 0.5) is 0 Å². The average molecular weight is 217 g/mol. The van der Waals surface area contributed by atoms with Gasteiger partial charge in [0.05, 0.1) is 6.42 Å². The van der Waals surface area contributed by atoms with E-state index in [1.807, 2.05) is 34.6 Å². The summed E-state index contributed by atoms with van der Waals surface area (Å²) in [4.78, 5) is 23.1. The van der Waals surface area contributed by atoms with Crippen molar-refractivity contribution in [3.8, 4) is 0 Å². The maximum Gasteiger partial charge on any atom is 0.303 e. The molecular weight excluding hydrogens is 194 g/mol. The number of hydrogen-bond donors (Lipinski definition) is 1. The molecular formula is C11H23NO3. The number of carboxylic acid groups (broad SMARTS) is 1. The third-order valence-electron chi connectivity index (χ3n) is 1.93. The number of carboxylic acids is 1. The Hall–Kier alpha value is -1.06. The van der Waals surface area contributed by atoms with Gasteiger partial charge < -0.3 is 10.0 Å². The van der Waals surface area contributed by atoms with E-state index in [0.717, 1.165) is 0 Å². The quantitative estimate of drug-likeness (QED) is 0.788. The molecule has 1 amide bonds. The third kappa shape index (κ3) is 7.97. The van der Waals surface area contributed by atoms with Crippen LogP contribution in [-0.2, 0) is 9.59 Å². The van der Waals surface area contributed by atoms with Gasteiger partial charge in [-0.05, 0) is 20.8 Å². The first kappa shape index (κ1) is 16.4. The molecule has 15 heavy (non-hydrogen) atoms. The maximum absolute atomic E-state index is 11.4. The highest BCUT2D eigenvalue weighted by molar-refractivity contribution is 5.81. The summed E-state index contributed by atoms with van der Waals surface area (Å²) >= 11 is 0. The lowest BCUT2D eigenvalue weighted by Gasteiger charge is -2.31. The van der Waals surface area contributed by atoms with E-state index < -0.39 is 5.97 Å². The van der Waals surface area contributed by atoms with Crippen molar-refractivity contribution in [2.45, 2.75) is 53.0 Å². The highest BCUT2D eigenvalue weighted by Crippen LogP contribution is 2.12. The Balaban J connectivity index is 0. The van der Waals surface area contributed by atoms with Crippen molar-refractivity contribution < 1.29 is 14.7 Å². The topological polar surface area (TPSA) is 57.6 Å². The molecule has 4 heteroatoms. The van der Waals surface area contributed by atoms with Gasteiger partial charge in [-0.3, -0.25) is 9.59 Å². The molecule has 0 aliphatic rings. The van der Waals surface area contributed by atoms with Gasteiger partial charge in [-0.25, -0.2) is 0 Å². The van der Waals surface area contributed by atoms with E-state index in [2.05, 4.69) is 0 Å². The Bertz CT molecular complexity index is 206. The number of carbonyl (C=O) groups is 2. The first-order valence-electron chi connectivity index (χ1n) is 5.23.